The Labute approximate surface area is 126 Å². The van der Waals surface area contributed by atoms with Crippen LogP contribution in [0.4, 0.5) is 0 Å². The SMILES string of the molecule is CC1=CC(C)([Si](C)(C)/C2=C/C=C\CCCC2)C(C)=C1C. The molecule has 0 bridgehead atoms. The quantitative estimate of drug-likeness (QED) is 0.519. The minimum absolute atomic E-state index is 0.292. The maximum Gasteiger partial charge on any atom is 0.0896 e. The van der Waals surface area contributed by atoms with Crippen LogP contribution < -0.4 is 0 Å². The highest BCUT2D eigenvalue weighted by atomic mass is 28.3. The molecule has 0 spiro atoms. The molecule has 110 valence electrons. The zero-order valence-corrected chi connectivity index (χ0v) is 15.1. The molecule has 1 heteroatoms. The summed E-state index contributed by atoms with van der Waals surface area (Å²) in [5.74, 6) is 0. The minimum atomic E-state index is -1.52. The van der Waals surface area contributed by atoms with E-state index >= 15 is 0 Å². The highest BCUT2D eigenvalue weighted by Crippen LogP contribution is 2.55. The Morgan fingerprint density at radius 1 is 1.10 bits per heavy atom. The summed E-state index contributed by atoms with van der Waals surface area (Å²) in [5, 5.41) is 2.04. The first-order chi connectivity index (χ1) is 9.30. The molecule has 0 saturated heterocycles. The number of hydrogen-bond donors (Lipinski definition) is 0. The van der Waals surface area contributed by atoms with Gasteiger partial charge in [-0.25, -0.2) is 0 Å². The van der Waals surface area contributed by atoms with Gasteiger partial charge in [0.05, 0.1) is 8.07 Å². The molecule has 0 aliphatic heterocycles. The second-order valence-corrected chi connectivity index (χ2v) is 12.2. The molecule has 0 saturated carbocycles. The smallest absolute Gasteiger partial charge is 0.0846 e. The molecule has 20 heavy (non-hydrogen) atoms. The first-order valence-corrected chi connectivity index (χ1v) is 11.0. The van der Waals surface area contributed by atoms with Gasteiger partial charge in [0.2, 0.25) is 0 Å². The van der Waals surface area contributed by atoms with Crippen LogP contribution in [0.5, 0.6) is 0 Å². The second-order valence-electron chi connectivity index (χ2n) is 7.27. The lowest BCUT2D eigenvalue weighted by Crippen LogP contribution is -2.42. The second kappa shape index (κ2) is 5.52. The first kappa shape index (κ1) is 15.6. The van der Waals surface area contributed by atoms with Gasteiger partial charge in [-0.1, -0.05) is 60.7 Å². The zero-order valence-electron chi connectivity index (χ0n) is 14.1. The van der Waals surface area contributed by atoms with Gasteiger partial charge in [-0.05, 0) is 52.0 Å². The van der Waals surface area contributed by atoms with Crippen molar-refractivity contribution in [3.8, 4) is 0 Å². The van der Waals surface area contributed by atoms with Crippen molar-refractivity contribution in [2.24, 2.45) is 0 Å². The Morgan fingerprint density at radius 2 is 1.80 bits per heavy atom. The van der Waals surface area contributed by atoms with Gasteiger partial charge in [-0.2, -0.15) is 0 Å². The van der Waals surface area contributed by atoms with E-state index in [0.29, 0.717) is 5.04 Å². The lowest BCUT2D eigenvalue weighted by Gasteiger charge is -2.42. The van der Waals surface area contributed by atoms with Crippen molar-refractivity contribution in [3.63, 3.8) is 0 Å². The maximum atomic E-state index is 2.57. The van der Waals surface area contributed by atoms with Crippen molar-refractivity contribution in [2.45, 2.75) is 71.5 Å². The molecular weight excluding hydrogens is 256 g/mol. The van der Waals surface area contributed by atoms with E-state index in [1.165, 1.54) is 36.8 Å². The van der Waals surface area contributed by atoms with Crippen LogP contribution in [-0.2, 0) is 0 Å². The average Bonchev–Trinajstić information content (AvgIpc) is 2.54. The minimum Gasteiger partial charge on any atom is -0.0846 e. The van der Waals surface area contributed by atoms with Crippen molar-refractivity contribution in [1.29, 1.82) is 0 Å². The van der Waals surface area contributed by atoms with Crippen LogP contribution in [0.2, 0.25) is 18.1 Å². The fraction of sp³-hybridized carbons (Fsp3) is 0.579. The van der Waals surface area contributed by atoms with E-state index < -0.39 is 8.07 Å². The van der Waals surface area contributed by atoms with Crippen molar-refractivity contribution in [2.75, 3.05) is 0 Å². The molecule has 2 aliphatic carbocycles. The fourth-order valence-corrected chi connectivity index (χ4v) is 7.46. The Balaban J connectivity index is 2.44. The predicted octanol–water partition coefficient (Wildman–Crippen LogP) is 6.35. The molecule has 2 rings (SSSR count). The van der Waals surface area contributed by atoms with E-state index in [2.05, 4.69) is 65.1 Å². The molecule has 0 aromatic carbocycles. The molecule has 0 N–H and O–H groups in total. The van der Waals surface area contributed by atoms with Crippen LogP contribution in [0, 0.1) is 0 Å². The van der Waals surface area contributed by atoms with E-state index in [-0.39, 0.29) is 0 Å². The topological polar surface area (TPSA) is 0 Å². The molecule has 0 amide bonds. The van der Waals surface area contributed by atoms with Crippen LogP contribution >= 0.6 is 0 Å². The third-order valence-electron chi connectivity index (χ3n) is 6.04. The fourth-order valence-electron chi connectivity index (χ4n) is 3.78. The van der Waals surface area contributed by atoms with Crippen molar-refractivity contribution < 1.29 is 0 Å². The van der Waals surface area contributed by atoms with Crippen LogP contribution in [0.3, 0.4) is 0 Å². The van der Waals surface area contributed by atoms with Crippen LogP contribution in [0.1, 0.15) is 53.4 Å². The summed E-state index contributed by atoms with van der Waals surface area (Å²) in [5.41, 5.74) is 4.63. The Hall–Kier alpha value is -0.823. The van der Waals surface area contributed by atoms with E-state index in [4.69, 9.17) is 0 Å². The normalized spacial score (nSPS) is 32.3. The highest BCUT2D eigenvalue weighted by molar-refractivity contribution is 6.88. The van der Waals surface area contributed by atoms with Crippen molar-refractivity contribution in [1.82, 2.24) is 0 Å². The monoisotopic (exact) mass is 286 g/mol. The summed E-state index contributed by atoms with van der Waals surface area (Å²) >= 11 is 0. The molecule has 0 aromatic heterocycles. The summed E-state index contributed by atoms with van der Waals surface area (Å²) in [6.07, 6.45) is 14.9. The molecule has 0 radical (unpaired) electrons. The number of hydrogen-bond acceptors (Lipinski definition) is 0. The Morgan fingerprint density at radius 3 is 2.40 bits per heavy atom. The van der Waals surface area contributed by atoms with Gasteiger partial charge in [0.15, 0.2) is 0 Å². The van der Waals surface area contributed by atoms with Gasteiger partial charge in [0.25, 0.3) is 0 Å². The zero-order chi connectivity index (χ0) is 15.0. The molecular formula is C19H30Si. The van der Waals surface area contributed by atoms with E-state index in [1.54, 1.807) is 10.8 Å². The molecule has 0 nitrogen and oxygen atoms in total. The third kappa shape index (κ3) is 2.41. The largest absolute Gasteiger partial charge is 0.0896 e. The van der Waals surface area contributed by atoms with E-state index in [1.807, 2.05) is 0 Å². The first-order valence-electron chi connectivity index (χ1n) is 8.04. The van der Waals surface area contributed by atoms with Crippen LogP contribution in [0.25, 0.3) is 0 Å². The summed E-state index contributed by atoms with van der Waals surface area (Å²) in [7, 11) is -1.52. The lowest BCUT2D eigenvalue weighted by atomic mass is 10.0. The molecule has 1 unspecified atom stereocenters. The van der Waals surface area contributed by atoms with Gasteiger partial charge in [-0.3, -0.25) is 0 Å². The molecule has 0 aromatic rings. The van der Waals surface area contributed by atoms with E-state index in [0.717, 1.165) is 0 Å². The predicted molar refractivity (Wildman–Crippen MR) is 93.7 cm³/mol. The van der Waals surface area contributed by atoms with Gasteiger partial charge >= 0.3 is 0 Å². The van der Waals surface area contributed by atoms with Crippen molar-refractivity contribution >= 4 is 8.07 Å². The lowest BCUT2D eigenvalue weighted by molar-refractivity contribution is 0.741. The van der Waals surface area contributed by atoms with Crippen molar-refractivity contribution in [3.05, 3.63) is 46.2 Å². The van der Waals surface area contributed by atoms with Gasteiger partial charge in [0.1, 0.15) is 0 Å². The maximum absolute atomic E-state index is 2.57. The molecule has 0 fully saturated rings. The van der Waals surface area contributed by atoms with Gasteiger partial charge in [0, 0.05) is 5.04 Å². The molecule has 1 atom stereocenters. The Bertz CT molecular complexity index is 514. The molecule has 2 aliphatic rings. The standard InChI is InChI=1S/C19H30Si/c1-15-14-19(4,17(3)16(15)2)20(5,6)18-12-10-8-7-9-11-13-18/h8,10,12,14H,7,9,11,13H2,1-6H3/b10-8-,18-12+. The van der Waals surface area contributed by atoms with Crippen LogP contribution in [0.15, 0.2) is 46.2 Å². The molecule has 0 heterocycles. The summed E-state index contributed by atoms with van der Waals surface area (Å²) in [6.45, 7) is 14.6. The summed E-state index contributed by atoms with van der Waals surface area (Å²) in [4.78, 5) is 0. The Kier molecular flexibility index (Phi) is 4.29. The van der Waals surface area contributed by atoms with Crippen LogP contribution in [-0.4, -0.2) is 8.07 Å². The number of rotatable bonds is 2. The summed E-state index contributed by atoms with van der Waals surface area (Å²) in [6, 6.07) is 0. The number of allylic oxidation sites excluding steroid dienone is 8. The average molecular weight is 287 g/mol. The highest BCUT2D eigenvalue weighted by Gasteiger charge is 2.47. The van der Waals surface area contributed by atoms with Gasteiger partial charge < -0.3 is 0 Å². The summed E-state index contributed by atoms with van der Waals surface area (Å²) < 4.78 is 0. The third-order valence-corrected chi connectivity index (χ3v) is 11.2. The van der Waals surface area contributed by atoms with Gasteiger partial charge in [-0.15, -0.1) is 0 Å². The van der Waals surface area contributed by atoms with E-state index in [9.17, 15) is 0 Å².